The highest BCUT2D eigenvalue weighted by molar-refractivity contribution is 5.93. The summed E-state index contributed by atoms with van der Waals surface area (Å²) in [6.45, 7) is 8.70. The fourth-order valence-corrected chi connectivity index (χ4v) is 1.03. The van der Waals surface area contributed by atoms with Crippen molar-refractivity contribution in [3.05, 3.63) is 12.2 Å². The molecular formula is C13H21NO6. The van der Waals surface area contributed by atoms with Crippen LogP contribution in [0.15, 0.2) is 12.2 Å². The lowest BCUT2D eigenvalue weighted by Crippen LogP contribution is -2.34. The summed E-state index contributed by atoms with van der Waals surface area (Å²) in [5, 5.41) is 2.43. The third-order valence-corrected chi connectivity index (χ3v) is 1.88. The van der Waals surface area contributed by atoms with Gasteiger partial charge in [0.2, 0.25) is 0 Å². The van der Waals surface area contributed by atoms with Crippen molar-refractivity contribution in [3.8, 4) is 0 Å². The molecule has 0 aliphatic carbocycles. The summed E-state index contributed by atoms with van der Waals surface area (Å²) in [6.07, 6.45) is -0.823. The minimum Gasteiger partial charge on any atom is -0.469 e. The number of alkyl carbamates (subject to hydrolysis) is 1. The Morgan fingerprint density at radius 1 is 1.20 bits per heavy atom. The van der Waals surface area contributed by atoms with E-state index in [0.29, 0.717) is 0 Å². The smallest absolute Gasteiger partial charge is 0.407 e. The maximum Gasteiger partial charge on any atom is 0.407 e. The molecule has 0 bridgehead atoms. The monoisotopic (exact) mass is 287 g/mol. The third kappa shape index (κ3) is 8.96. The molecule has 0 unspecified atom stereocenters. The number of amides is 1. The lowest BCUT2D eigenvalue weighted by molar-refractivity contribution is -0.144. The lowest BCUT2D eigenvalue weighted by Gasteiger charge is -2.19. The van der Waals surface area contributed by atoms with Crippen molar-refractivity contribution >= 4 is 18.0 Å². The third-order valence-electron chi connectivity index (χ3n) is 1.88. The van der Waals surface area contributed by atoms with Gasteiger partial charge in [0.15, 0.2) is 0 Å². The van der Waals surface area contributed by atoms with E-state index in [-0.39, 0.29) is 25.1 Å². The Hall–Kier alpha value is -2.05. The molecule has 0 heterocycles. The Bertz CT molecular complexity index is 383. The second kappa shape index (κ2) is 8.19. The van der Waals surface area contributed by atoms with Gasteiger partial charge in [-0.3, -0.25) is 4.79 Å². The molecular weight excluding hydrogens is 266 g/mol. The van der Waals surface area contributed by atoms with Crippen molar-refractivity contribution in [1.82, 2.24) is 5.32 Å². The van der Waals surface area contributed by atoms with E-state index in [4.69, 9.17) is 9.47 Å². The minimum absolute atomic E-state index is 0.00545. The van der Waals surface area contributed by atoms with Crippen LogP contribution in [0.4, 0.5) is 4.79 Å². The fourth-order valence-electron chi connectivity index (χ4n) is 1.03. The maximum atomic E-state index is 11.4. The zero-order chi connectivity index (χ0) is 15.8. The number of esters is 2. The predicted octanol–water partition coefficient (Wildman–Crippen LogP) is 1.17. The van der Waals surface area contributed by atoms with Crippen LogP contribution in [-0.2, 0) is 23.8 Å². The van der Waals surface area contributed by atoms with Gasteiger partial charge in [-0.15, -0.1) is 0 Å². The Labute approximate surface area is 118 Å². The molecule has 0 atom stereocenters. The van der Waals surface area contributed by atoms with E-state index < -0.39 is 23.6 Å². The molecule has 0 spiro atoms. The number of carbonyl (C=O) groups excluding carboxylic acids is 3. The molecule has 0 saturated heterocycles. The number of hydrogen-bond donors (Lipinski definition) is 1. The molecule has 0 aromatic carbocycles. The second-order valence-electron chi connectivity index (χ2n) is 4.92. The molecule has 1 N–H and O–H groups in total. The van der Waals surface area contributed by atoms with E-state index in [0.717, 1.165) is 0 Å². The largest absolute Gasteiger partial charge is 0.469 e. The van der Waals surface area contributed by atoms with Gasteiger partial charge < -0.3 is 19.5 Å². The summed E-state index contributed by atoms with van der Waals surface area (Å²) in [5.74, 6) is -1.28. The van der Waals surface area contributed by atoms with Crippen LogP contribution >= 0.6 is 0 Å². The van der Waals surface area contributed by atoms with Gasteiger partial charge in [-0.2, -0.15) is 0 Å². The van der Waals surface area contributed by atoms with E-state index in [1.54, 1.807) is 20.8 Å². The van der Waals surface area contributed by atoms with E-state index in [1.165, 1.54) is 7.11 Å². The van der Waals surface area contributed by atoms with Crippen LogP contribution in [0.2, 0.25) is 0 Å². The molecule has 114 valence electrons. The van der Waals surface area contributed by atoms with Crippen LogP contribution in [0.1, 0.15) is 27.2 Å². The Kier molecular flexibility index (Phi) is 7.35. The highest BCUT2D eigenvalue weighted by Crippen LogP contribution is 2.06. The summed E-state index contributed by atoms with van der Waals surface area (Å²) >= 11 is 0. The SMILES string of the molecule is C=C(CC(=O)OC)C(=O)OCCNC(=O)OC(C)(C)C. The Morgan fingerprint density at radius 2 is 1.80 bits per heavy atom. The van der Waals surface area contributed by atoms with Gasteiger partial charge in [-0.05, 0) is 20.8 Å². The first-order valence-electron chi connectivity index (χ1n) is 6.04. The van der Waals surface area contributed by atoms with E-state index in [9.17, 15) is 14.4 Å². The Balaban J connectivity index is 3.85. The van der Waals surface area contributed by atoms with Crippen LogP contribution in [0.5, 0.6) is 0 Å². The predicted molar refractivity (Wildman–Crippen MR) is 71.0 cm³/mol. The van der Waals surface area contributed by atoms with Crippen LogP contribution < -0.4 is 5.32 Å². The maximum absolute atomic E-state index is 11.4. The zero-order valence-electron chi connectivity index (χ0n) is 12.3. The van der Waals surface area contributed by atoms with E-state index in [2.05, 4.69) is 16.6 Å². The van der Waals surface area contributed by atoms with E-state index >= 15 is 0 Å². The normalized spacial score (nSPS) is 10.4. The van der Waals surface area contributed by atoms with Gasteiger partial charge in [0.1, 0.15) is 12.2 Å². The number of rotatable bonds is 6. The van der Waals surface area contributed by atoms with Crippen LogP contribution in [0.3, 0.4) is 0 Å². The van der Waals surface area contributed by atoms with Gasteiger partial charge in [0.05, 0.1) is 20.1 Å². The van der Waals surface area contributed by atoms with Gasteiger partial charge in [0, 0.05) is 5.57 Å². The van der Waals surface area contributed by atoms with Crippen LogP contribution in [-0.4, -0.2) is 43.9 Å². The molecule has 7 nitrogen and oxygen atoms in total. The van der Waals surface area contributed by atoms with Crippen molar-refractivity contribution < 1.29 is 28.6 Å². The topological polar surface area (TPSA) is 90.9 Å². The highest BCUT2D eigenvalue weighted by atomic mass is 16.6. The molecule has 0 aromatic rings. The number of methoxy groups -OCH3 is 1. The second-order valence-corrected chi connectivity index (χ2v) is 4.92. The summed E-state index contributed by atoms with van der Waals surface area (Å²) in [5.41, 5.74) is -0.593. The standard InChI is InChI=1S/C13H21NO6/c1-9(8-10(15)18-5)11(16)19-7-6-14-12(17)20-13(2,3)4/h1,6-8H2,2-5H3,(H,14,17). The first-order chi connectivity index (χ1) is 9.15. The number of nitrogens with one attached hydrogen (secondary N) is 1. The molecule has 20 heavy (non-hydrogen) atoms. The highest BCUT2D eigenvalue weighted by Gasteiger charge is 2.16. The van der Waals surface area contributed by atoms with E-state index in [1.807, 2.05) is 0 Å². The van der Waals surface area contributed by atoms with Gasteiger partial charge >= 0.3 is 18.0 Å². The quantitative estimate of drug-likeness (QED) is 0.341. The average molecular weight is 287 g/mol. The molecule has 0 fully saturated rings. The minimum atomic E-state index is -0.707. The summed E-state index contributed by atoms with van der Waals surface area (Å²) in [6, 6.07) is 0. The molecule has 1 amide bonds. The van der Waals surface area contributed by atoms with Crippen molar-refractivity contribution in [1.29, 1.82) is 0 Å². The van der Waals surface area contributed by atoms with Crippen LogP contribution in [0, 0.1) is 0 Å². The van der Waals surface area contributed by atoms with Crippen molar-refractivity contribution in [2.45, 2.75) is 32.8 Å². The average Bonchev–Trinajstić information content (AvgIpc) is 2.31. The van der Waals surface area contributed by atoms with Crippen molar-refractivity contribution in [2.24, 2.45) is 0 Å². The first kappa shape index (κ1) is 17.9. The molecule has 0 saturated carbocycles. The molecule has 0 radical (unpaired) electrons. The summed E-state index contributed by atoms with van der Waals surface area (Å²) in [4.78, 5) is 33.6. The lowest BCUT2D eigenvalue weighted by atomic mass is 10.2. The number of carbonyl (C=O) groups is 3. The Morgan fingerprint density at radius 3 is 2.30 bits per heavy atom. The van der Waals surface area contributed by atoms with Gasteiger partial charge in [-0.1, -0.05) is 6.58 Å². The molecule has 0 aliphatic rings. The molecule has 0 aliphatic heterocycles. The molecule has 7 heteroatoms. The summed E-state index contributed by atoms with van der Waals surface area (Å²) in [7, 11) is 1.21. The van der Waals surface area contributed by atoms with Crippen molar-refractivity contribution in [2.75, 3.05) is 20.3 Å². The molecule has 0 aromatic heterocycles. The molecule has 0 rings (SSSR count). The van der Waals surface area contributed by atoms with Crippen LogP contribution in [0.25, 0.3) is 0 Å². The van der Waals surface area contributed by atoms with Gasteiger partial charge in [-0.25, -0.2) is 9.59 Å². The van der Waals surface area contributed by atoms with Crippen molar-refractivity contribution in [3.63, 3.8) is 0 Å². The van der Waals surface area contributed by atoms with Gasteiger partial charge in [0.25, 0.3) is 0 Å². The number of hydrogen-bond acceptors (Lipinski definition) is 6. The first-order valence-corrected chi connectivity index (χ1v) is 6.04. The fraction of sp³-hybridized carbons (Fsp3) is 0.615. The number of ether oxygens (including phenoxy) is 3. The summed E-state index contributed by atoms with van der Waals surface area (Å²) < 4.78 is 14.2. The zero-order valence-corrected chi connectivity index (χ0v) is 12.3.